The minimum absolute atomic E-state index is 0.152. The molecule has 0 saturated heterocycles. The van der Waals surface area contributed by atoms with Crippen LogP contribution in [0.25, 0.3) is 0 Å². The summed E-state index contributed by atoms with van der Waals surface area (Å²) in [5.41, 5.74) is 0. The molecule has 0 radical (unpaired) electrons. The average Bonchev–Trinajstić information content (AvgIpc) is 3.33. The van der Waals surface area contributed by atoms with Gasteiger partial charge in [0.05, 0.1) is 18.8 Å². The first-order chi connectivity index (χ1) is 33.1. The number of aliphatic hydroxyl groups is 3. The molecule has 0 aliphatic rings. The number of hydrogen-bond donors (Lipinski definition) is 4. The van der Waals surface area contributed by atoms with Crippen molar-refractivity contribution in [2.45, 2.75) is 360 Å². The van der Waals surface area contributed by atoms with Crippen molar-refractivity contribution in [3.05, 3.63) is 24.3 Å². The lowest BCUT2D eigenvalue weighted by atomic mass is 10.0. The van der Waals surface area contributed by atoms with E-state index >= 15 is 0 Å². The molecule has 4 N–H and O–H groups in total. The highest BCUT2D eigenvalue weighted by Crippen LogP contribution is 2.19. The largest absolute Gasteiger partial charge is 0.394 e. The molecule has 1 amide bonds. The lowest BCUT2D eigenvalue weighted by molar-refractivity contribution is -0.124. The topological polar surface area (TPSA) is 89.8 Å². The van der Waals surface area contributed by atoms with Crippen LogP contribution in [0.15, 0.2) is 24.3 Å². The minimum atomic E-state index is -1.16. The number of allylic oxidation sites excluding steroid dienone is 4. The SMILES string of the molecule is CCCCCCC/C=C/CC/C=C/CCCC(O)C(O)C(CO)NC(=O)CCCCCCCCCCCCCCCCCCCCCCCCCCCCCCCCCCCCCCCCC. The van der Waals surface area contributed by atoms with Gasteiger partial charge in [-0.1, -0.05) is 308 Å². The van der Waals surface area contributed by atoms with E-state index < -0.39 is 18.2 Å². The number of hydrogen-bond acceptors (Lipinski definition) is 4. The summed E-state index contributed by atoms with van der Waals surface area (Å²) in [5.74, 6) is -0.152. The molecule has 3 atom stereocenters. The van der Waals surface area contributed by atoms with Crippen molar-refractivity contribution < 1.29 is 20.1 Å². The molecule has 0 rings (SSSR count). The molecule has 398 valence electrons. The predicted octanol–water partition coefficient (Wildman–Crippen LogP) is 19.2. The highest BCUT2D eigenvalue weighted by molar-refractivity contribution is 5.76. The van der Waals surface area contributed by atoms with Gasteiger partial charge in [-0.3, -0.25) is 4.79 Å². The lowest BCUT2D eigenvalue weighted by Gasteiger charge is -2.26. The molecule has 0 spiro atoms. The molecule has 0 aromatic rings. The Morgan fingerprint density at radius 3 is 0.910 bits per heavy atom. The molecule has 67 heavy (non-hydrogen) atoms. The Hall–Kier alpha value is -1.17. The van der Waals surface area contributed by atoms with Crippen molar-refractivity contribution in [1.29, 1.82) is 0 Å². The summed E-state index contributed by atoms with van der Waals surface area (Å²) in [6, 6.07) is -0.829. The van der Waals surface area contributed by atoms with Gasteiger partial charge in [0.1, 0.15) is 6.10 Å². The number of nitrogens with one attached hydrogen (secondary N) is 1. The van der Waals surface area contributed by atoms with Gasteiger partial charge in [0, 0.05) is 6.42 Å². The van der Waals surface area contributed by atoms with Gasteiger partial charge in [0.2, 0.25) is 5.91 Å². The normalized spacial score (nSPS) is 13.3. The van der Waals surface area contributed by atoms with Crippen LogP contribution in [0, 0.1) is 0 Å². The molecule has 5 nitrogen and oxygen atoms in total. The third-order valence-corrected chi connectivity index (χ3v) is 14.5. The van der Waals surface area contributed by atoms with Crippen LogP contribution in [0.5, 0.6) is 0 Å². The third kappa shape index (κ3) is 52.5. The Bertz CT molecular complexity index is 998. The van der Waals surface area contributed by atoms with Gasteiger partial charge >= 0.3 is 0 Å². The maximum atomic E-state index is 12.5. The molecule has 0 saturated carbocycles. The van der Waals surface area contributed by atoms with Crippen molar-refractivity contribution in [1.82, 2.24) is 5.32 Å². The number of rotatable bonds is 57. The van der Waals surface area contributed by atoms with Crippen LogP contribution in [-0.4, -0.2) is 46.1 Å². The van der Waals surface area contributed by atoms with E-state index in [1.54, 1.807) is 0 Å². The zero-order chi connectivity index (χ0) is 48.6. The molecule has 3 unspecified atom stereocenters. The maximum absolute atomic E-state index is 12.5. The van der Waals surface area contributed by atoms with Crippen LogP contribution in [0.3, 0.4) is 0 Å². The van der Waals surface area contributed by atoms with E-state index in [0.717, 1.165) is 44.9 Å². The summed E-state index contributed by atoms with van der Waals surface area (Å²) in [7, 11) is 0. The molecule has 0 fully saturated rings. The smallest absolute Gasteiger partial charge is 0.220 e. The molecule has 0 bridgehead atoms. The fourth-order valence-corrected chi connectivity index (χ4v) is 9.83. The van der Waals surface area contributed by atoms with Gasteiger partial charge in [0.25, 0.3) is 0 Å². The van der Waals surface area contributed by atoms with Gasteiger partial charge in [-0.25, -0.2) is 0 Å². The zero-order valence-corrected chi connectivity index (χ0v) is 45.6. The third-order valence-electron chi connectivity index (χ3n) is 14.5. The lowest BCUT2D eigenvalue weighted by Crippen LogP contribution is -2.50. The van der Waals surface area contributed by atoms with Crippen LogP contribution >= 0.6 is 0 Å². The van der Waals surface area contributed by atoms with E-state index in [9.17, 15) is 20.1 Å². The van der Waals surface area contributed by atoms with Crippen molar-refractivity contribution in [3.8, 4) is 0 Å². The van der Waals surface area contributed by atoms with Crippen LogP contribution in [0.1, 0.15) is 341 Å². The number of unbranched alkanes of at least 4 members (excludes halogenated alkanes) is 45. The fraction of sp³-hybridized carbons (Fsp3) is 0.919. The van der Waals surface area contributed by atoms with E-state index in [1.165, 1.54) is 270 Å². The van der Waals surface area contributed by atoms with Gasteiger partial charge in [-0.2, -0.15) is 0 Å². The first kappa shape index (κ1) is 65.8. The number of carbonyl (C=O) groups is 1. The summed E-state index contributed by atoms with van der Waals surface area (Å²) in [5, 5.41) is 33.6. The molecular weight excluding hydrogens is 823 g/mol. The second-order valence-corrected chi connectivity index (χ2v) is 21.3. The van der Waals surface area contributed by atoms with E-state index in [1.807, 2.05) is 0 Å². The molecule has 0 aliphatic heterocycles. The summed E-state index contributed by atoms with van der Waals surface area (Å²) in [4.78, 5) is 12.5. The van der Waals surface area contributed by atoms with Crippen LogP contribution in [0.2, 0.25) is 0 Å². The molecule has 0 aliphatic carbocycles. The van der Waals surface area contributed by atoms with E-state index in [-0.39, 0.29) is 12.5 Å². The number of carbonyl (C=O) groups excluding carboxylic acids is 1. The molecule has 5 heteroatoms. The Morgan fingerprint density at radius 2 is 0.612 bits per heavy atom. The first-order valence-electron chi connectivity index (χ1n) is 30.6. The Kier molecular flexibility index (Phi) is 56.4. The predicted molar refractivity (Wildman–Crippen MR) is 296 cm³/mol. The fourth-order valence-electron chi connectivity index (χ4n) is 9.83. The summed E-state index contributed by atoms with van der Waals surface area (Å²) in [6.07, 6.45) is 73.8. The summed E-state index contributed by atoms with van der Waals surface area (Å²) < 4.78 is 0. The van der Waals surface area contributed by atoms with Gasteiger partial charge in [-0.15, -0.1) is 0 Å². The highest BCUT2D eigenvalue weighted by atomic mass is 16.3. The van der Waals surface area contributed by atoms with E-state index in [0.29, 0.717) is 12.8 Å². The monoisotopic (exact) mass is 944 g/mol. The zero-order valence-electron chi connectivity index (χ0n) is 45.6. The number of aliphatic hydroxyl groups excluding tert-OH is 3. The number of amides is 1. The van der Waals surface area contributed by atoms with E-state index in [4.69, 9.17) is 0 Å². The van der Waals surface area contributed by atoms with Crippen molar-refractivity contribution >= 4 is 5.91 Å². The molecule has 0 heterocycles. The quantitative estimate of drug-likeness (QED) is 0.0361. The first-order valence-corrected chi connectivity index (χ1v) is 30.6. The van der Waals surface area contributed by atoms with Crippen LogP contribution in [0.4, 0.5) is 0 Å². The summed E-state index contributed by atoms with van der Waals surface area (Å²) >= 11 is 0. The Labute approximate surface area is 420 Å². The molecule has 0 aromatic carbocycles. The summed E-state index contributed by atoms with van der Waals surface area (Å²) in [6.45, 7) is 4.18. The van der Waals surface area contributed by atoms with Gasteiger partial charge < -0.3 is 20.6 Å². The van der Waals surface area contributed by atoms with Crippen molar-refractivity contribution in [3.63, 3.8) is 0 Å². The second kappa shape index (κ2) is 57.4. The minimum Gasteiger partial charge on any atom is -0.394 e. The van der Waals surface area contributed by atoms with E-state index in [2.05, 4.69) is 43.5 Å². The van der Waals surface area contributed by atoms with Gasteiger partial charge in [0.15, 0.2) is 0 Å². The van der Waals surface area contributed by atoms with Crippen LogP contribution in [-0.2, 0) is 4.79 Å². The Balaban J connectivity index is 3.41. The molecule has 0 aromatic heterocycles. The van der Waals surface area contributed by atoms with Crippen molar-refractivity contribution in [2.75, 3.05) is 6.61 Å². The highest BCUT2D eigenvalue weighted by Gasteiger charge is 2.26. The maximum Gasteiger partial charge on any atom is 0.220 e. The van der Waals surface area contributed by atoms with Crippen molar-refractivity contribution in [2.24, 2.45) is 0 Å². The molecular formula is C62H121NO4. The average molecular weight is 945 g/mol. The Morgan fingerprint density at radius 1 is 0.358 bits per heavy atom. The standard InChI is InChI=1S/C62H121NO4/c1-3-5-7-9-11-13-15-17-19-20-21-22-23-24-25-26-27-28-29-30-31-32-33-34-35-36-37-38-39-40-41-42-43-45-47-49-51-53-55-57-61(66)63-59(58-64)62(67)60(65)56-54-52-50-48-46-44-18-16-14-12-10-8-6-4-2/h16,18,48,50,59-60,62,64-65,67H,3-15,17,19-47,49,51-58H2,1-2H3,(H,63,66)/b18-16+,50-48+. The van der Waals surface area contributed by atoms with Crippen LogP contribution < -0.4 is 5.32 Å². The second-order valence-electron chi connectivity index (χ2n) is 21.3. The van der Waals surface area contributed by atoms with Gasteiger partial charge in [-0.05, 0) is 51.4 Å².